The Hall–Kier alpha value is -3.91. The molecule has 2 heterocycles. The molecule has 0 aliphatic carbocycles. The topological polar surface area (TPSA) is 79.1 Å². The van der Waals surface area contributed by atoms with Gasteiger partial charge in [-0.15, -0.1) is 0 Å². The molecule has 4 rings (SSSR count). The standard InChI is InChI=1S/C29H30N2O5S/c1-6-16-35-22-14-12-20(13-15-22)26-25(28(33)34-7-2)19(5)30-29-31(26)27(32)24(37-29)17-21-10-8-9-11-23(21)36-18(3)4/h6,8-15,17-18,26H,1,7,16H2,2-5H3/b24-17-/t26-/m1/s1. The molecule has 1 aliphatic rings. The molecular formula is C29H30N2O5S. The summed E-state index contributed by atoms with van der Waals surface area (Å²) in [5.74, 6) is 0.861. The highest BCUT2D eigenvalue weighted by molar-refractivity contribution is 7.07. The lowest BCUT2D eigenvalue weighted by molar-refractivity contribution is -0.139. The van der Waals surface area contributed by atoms with Crippen molar-refractivity contribution in [3.05, 3.63) is 103 Å². The van der Waals surface area contributed by atoms with Crippen molar-refractivity contribution in [3.8, 4) is 11.5 Å². The van der Waals surface area contributed by atoms with E-state index in [1.807, 2.05) is 68.5 Å². The average Bonchev–Trinajstić information content (AvgIpc) is 3.17. The number of rotatable bonds is 9. The van der Waals surface area contributed by atoms with E-state index in [9.17, 15) is 9.59 Å². The number of esters is 1. The van der Waals surface area contributed by atoms with Crippen LogP contribution in [0, 0.1) is 0 Å². The Kier molecular flexibility index (Phi) is 8.08. The van der Waals surface area contributed by atoms with E-state index in [4.69, 9.17) is 14.2 Å². The van der Waals surface area contributed by atoms with Gasteiger partial charge in [-0.2, -0.15) is 0 Å². The van der Waals surface area contributed by atoms with Crippen molar-refractivity contribution in [1.82, 2.24) is 4.57 Å². The number of hydrogen-bond acceptors (Lipinski definition) is 7. The lowest BCUT2D eigenvalue weighted by Gasteiger charge is -2.24. The molecule has 0 saturated heterocycles. The van der Waals surface area contributed by atoms with Crippen LogP contribution in [0.25, 0.3) is 6.08 Å². The second-order valence-corrected chi connectivity index (χ2v) is 9.68. The van der Waals surface area contributed by atoms with E-state index in [2.05, 4.69) is 11.6 Å². The molecule has 1 atom stereocenters. The normalized spacial score (nSPS) is 15.3. The predicted octanol–water partition coefficient (Wildman–Crippen LogP) is 4.15. The van der Waals surface area contributed by atoms with Crippen molar-refractivity contribution in [2.24, 2.45) is 4.99 Å². The number of carbonyl (C=O) groups excluding carboxylic acids is 1. The number of ether oxygens (including phenoxy) is 3. The van der Waals surface area contributed by atoms with E-state index in [1.165, 1.54) is 11.3 Å². The third-order valence-electron chi connectivity index (χ3n) is 5.65. The van der Waals surface area contributed by atoms with Crippen LogP contribution in [0.1, 0.15) is 44.9 Å². The minimum absolute atomic E-state index is 0.0102. The zero-order valence-corrected chi connectivity index (χ0v) is 22.2. The molecular weight excluding hydrogens is 488 g/mol. The highest BCUT2D eigenvalue weighted by Crippen LogP contribution is 2.31. The van der Waals surface area contributed by atoms with Crippen LogP contribution < -0.4 is 24.4 Å². The minimum atomic E-state index is -0.687. The molecule has 0 spiro atoms. The second kappa shape index (κ2) is 11.4. The van der Waals surface area contributed by atoms with E-state index in [-0.39, 0.29) is 18.3 Å². The predicted molar refractivity (Wildman–Crippen MR) is 145 cm³/mol. The molecule has 2 aromatic carbocycles. The van der Waals surface area contributed by atoms with E-state index >= 15 is 0 Å². The van der Waals surface area contributed by atoms with E-state index < -0.39 is 12.0 Å². The lowest BCUT2D eigenvalue weighted by Crippen LogP contribution is -2.39. The quantitative estimate of drug-likeness (QED) is 0.314. The molecule has 7 nitrogen and oxygen atoms in total. The fourth-order valence-electron chi connectivity index (χ4n) is 4.11. The van der Waals surface area contributed by atoms with Crippen LogP contribution >= 0.6 is 11.3 Å². The first-order chi connectivity index (χ1) is 17.8. The fraction of sp³-hybridized carbons (Fsp3) is 0.276. The number of benzene rings is 2. The zero-order chi connectivity index (χ0) is 26.5. The summed E-state index contributed by atoms with van der Waals surface area (Å²) < 4.78 is 19.0. The number of hydrogen-bond donors (Lipinski definition) is 0. The van der Waals surface area contributed by atoms with Gasteiger partial charge in [0, 0.05) is 5.56 Å². The van der Waals surface area contributed by atoms with Gasteiger partial charge in [0.1, 0.15) is 18.1 Å². The number of allylic oxidation sites excluding steroid dienone is 1. The van der Waals surface area contributed by atoms with E-state index in [0.717, 1.165) is 11.1 Å². The van der Waals surface area contributed by atoms with Crippen LogP contribution in [0.2, 0.25) is 0 Å². The van der Waals surface area contributed by atoms with Crippen molar-refractivity contribution >= 4 is 23.4 Å². The molecule has 192 valence electrons. The maximum absolute atomic E-state index is 13.8. The van der Waals surface area contributed by atoms with Crippen molar-refractivity contribution in [2.75, 3.05) is 13.2 Å². The molecule has 8 heteroatoms. The summed E-state index contributed by atoms with van der Waals surface area (Å²) in [4.78, 5) is 32.0. The Labute approximate surface area is 219 Å². The Morgan fingerprint density at radius 2 is 1.92 bits per heavy atom. The molecule has 0 unspecified atom stereocenters. The number of aromatic nitrogens is 1. The van der Waals surface area contributed by atoms with Gasteiger partial charge in [-0.1, -0.05) is 54.3 Å². The van der Waals surface area contributed by atoms with Gasteiger partial charge in [0.25, 0.3) is 5.56 Å². The maximum atomic E-state index is 13.8. The number of thiazole rings is 1. The van der Waals surface area contributed by atoms with Crippen LogP contribution in [0.4, 0.5) is 0 Å². The molecule has 1 aliphatic heterocycles. The van der Waals surface area contributed by atoms with Crippen molar-refractivity contribution < 1.29 is 19.0 Å². The molecule has 37 heavy (non-hydrogen) atoms. The smallest absolute Gasteiger partial charge is 0.338 e. The first kappa shape index (κ1) is 26.2. The Bertz CT molecular complexity index is 1510. The zero-order valence-electron chi connectivity index (χ0n) is 21.4. The largest absolute Gasteiger partial charge is 0.490 e. The highest BCUT2D eigenvalue weighted by atomic mass is 32.1. The first-order valence-corrected chi connectivity index (χ1v) is 12.9. The SMILES string of the molecule is C=CCOc1ccc([C@@H]2C(C(=O)OCC)=C(C)N=c3s/c(=C\c4ccccc4OC(C)C)c(=O)n32)cc1. The van der Waals surface area contributed by atoms with Gasteiger partial charge >= 0.3 is 5.97 Å². The Morgan fingerprint density at radius 3 is 2.59 bits per heavy atom. The summed E-state index contributed by atoms with van der Waals surface area (Å²) in [6, 6.07) is 14.2. The Morgan fingerprint density at radius 1 is 1.19 bits per heavy atom. The van der Waals surface area contributed by atoms with Crippen molar-refractivity contribution in [1.29, 1.82) is 0 Å². The molecule has 0 fully saturated rings. The number of carbonyl (C=O) groups is 1. The minimum Gasteiger partial charge on any atom is -0.490 e. The Balaban J connectivity index is 1.88. The van der Waals surface area contributed by atoms with Gasteiger partial charge in [0.2, 0.25) is 0 Å². The summed E-state index contributed by atoms with van der Waals surface area (Å²) >= 11 is 1.28. The van der Waals surface area contributed by atoms with Crippen molar-refractivity contribution in [3.63, 3.8) is 0 Å². The van der Waals surface area contributed by atoms with Crippen LogP contribution in [0.15, 0.2) is 82.2 Å². The van der Waals surface area contributed by atoms with Gasteiger partial charge < -0.3 is 14.2 Å². The van der Waals surface area contributed by atoms with Crippen LogP contribution in [0.5, 0.6) is 11.5 Å². The van der Waals surface area contributed by atoms with Gasteiger partial charge in [0.05, 0.1) is 34.6 Å². The van der Waals surface area contributed by atoms with E-state index in [0.29, 0.717) is 38.7 Å². The van der Waals surface area contributed by atoms with Crippen LogP contribution in [0.3, 0.4) is 0 Å². The summed E-state index contributed by atoms with van der Waals surface area (Å²) in [6.45, 7) is 11.7. The second-order valence-electron chi connectivity index (χ2n) is 8.68. The van der Waals surface area contributed by atoms with Gasteiger partial charge in [-0.3, -0.25) is 9.36 Å². The van der Waals surface area contributed by atoms with E-state index in [1.54, 1.807) is 24.5 Å². The van der Waals surface area contributed by atoms with Crippen LogP contribution in [-0.2, 0) is 9.53 Å². The van der Waals surface area contributed by atoms with Crippen LogP contribution in [-0.4, -0.2) is 29.9 Å². The average molecular weight is 519 g/mol. The van der Waals surface area contributed by atoms with Crippen molar-refractivity contribution in [2.45, 2.75) is 39.8 Å². The van der Waals surface area contributed by atoms with Gasteiger partial charge in [0.15, 0.2) is 4.80 Å². The third-order valence-corrected chi connectivity index (χ3v) is 6.63. The molecule has 0 amide bonds. The summed E-state index contributed by atoms with van der Waals surface area (Å²) in [5.41, 5.74) is 2.16. The number of nitrogens with zero attached hydrogens (tertiary/aromatic N) is 2. The monoisotopic (exact) mass is 518 g/mol. The maximum Gasteiger partial charge on any atom is 0.338 e. The number of para-hydroxylation sites is 1. The summed E-state index contributed by atoms with van der Waals surface area (Å²) in [5, 5.41) is 0. The molecule has 0 N–H and O–H groups in total. The first-order valence-electron chi connectivity index (χ1n) is 12.1. The lowest BCUT2D eigenvalue weighted by atomic mass is 9.96. The van der Waals surface area contributed by atoms with Gasteiger partial charge in [-0.25, -0.2) is 9.79 Å². The fourth-order valence-corrected chi connectivity index (χ4v) is 5.15. The molecule has 0 bridgehead atoms. The van der Waals surface area contributed by atoms with Gasteiger partial charge in [-0.05, 0) is 57.5 Å². The summed E-state index contributed by atoms with van der Waals surface area (Å²) in [7, 11) is 0. The molecule has 1 aromatic heterocycles. The highest BCUT2D eigenvalue weighted by Gasteiger charge is 2.33. The summed E-state index contributed by atoms with van der Waals surface area (Å²) in [6.07, 6.45) is 3.47. The number of fused-ring (bicyclic) bond motifs is 1. The molecule has 0 saturated carbocycles. The third kappa shape index (κ3) is 5.59. The molecule has 0 radical (unpaired) electrons. The molecule has 3 aromatic rings.